The average Bonchev–Trinajstić information content (AvgIpc) is 3.39. The van der Waals surface area contributed by atoms with E-state index < -0.39 is 72.1 Å². The van der Waals surface area contributed by atoms with E-state index in [0.29, 0.717) is 24.9 Å². The first-order valence-corrected chi connectivity index (χ1v) is 15.8. The summed E-state index contributed by atoms with van der Waals surface area (Å²) in [6.07, 6.45) is 2.36. The number of nitrogens with one attached hydrogen (secondary N) is 6. The van der Waals surface area contributed by atoms with Crippen LogP contribution < -0.4 is 32.3 Å². The summed E-state index contributed by atoms with van der Waals surface area (Å²) < 4.78 is 0. The van der Waals surface area contributed by atoms with Gasteiger partial charge in [0.05, 0.1) is 6.42 Å². The van der Waals surface area contributed by atoms with Crippen molar-refractivity contribution in [3.8, 4) is 0 Å². The van der Waals surface area contributed by atoms with E-state index in [1.54, 1.807) is 20.0 Å². The predicted octanol–water partition coefficient (Wildman–Crippen LogP) is 0.454. The van der Waals surface area contributed by atoms with E-state index in [9.17, 15) is 33.9 Å². The second-order valence-corrected chi connectivity index (χ2v) is 12.6. The van der Waals surface area contributed by atoms with Gasteiger partial charge in [-0.3, -0.25) is 28.8 Å². The number of unbranched alkanes of at least 4 members (excludes halogenated alkanes) is 1. The number of carboxylic acid groups (broad SMARTS) is 1. The zero-order chi connectivity index (χ0) is 34.0. The molecule has 0 radical (unpaired) electrons. The molecule has 14 heteroatoms. The molecular weight excluding hydrogens is 594 g/mol. The van der Waals surface area contributed by atoms with Gasteiger partial charge in [-0.2, -0.15) is 0 Å². The van der Waals surface area contributed by atoms with Crippen molar-refractivity contribution >= 4 is 46.4 Å². The summed E-state index contributed by atoms with van der Waals surface area (Å²) in [5.41, 5.74) is 7.14. The van der Waals surface area contributed by atoms with E-state index in [4.69, 9.17) is 5.73 Å². The van der Waals surface area contributed by atoms with Crippen LogP contribution in [0.4, 0.5) is 0 Å². The molecule has 1 saturated heterocycles. The summed E-state index contributed by atoms with van der Waals surface area (Å²) >= 11 is 0. The SMILES string of the molecule is CC(C)C[C@@H]1NC(=O)[C@@H](C(C)C)NC(=O)[C@H](CCCCN)NC(=O)[C@@H](CC(=O)O)NC(=O)[C@@H](Cc2c[nH]c3ccccc23)NC1=O. The fourth-order valence-electron chi connectivity index (χ4n) is 5.45. The number of aromatic amines is 1. The van der Waals surface area contributed by atoms with E-state index >= 15 is 0 Å². The lowest BCUT2D eigenvalue weighted by atomic mass is 9.98. The van der Waals surface area contributed by atoms with Crippen molar-refractivity contribution in [1.29, 1.82) is 0 Å². The quantitative estimate of drug-likeness (QED) is 0.160. The van der Waals surface area contributed by atoms with E-state index in [2.05, 4.69) is 31.6 Å². The number of rotatable bonds is 11. The minimum absolute atomic E-state index is 0.00170. The number of fused-ring (bicyclic) bond motifs is 1. The van der Waals surface area contributed by atoms with E-state index in [1.807, 2.05) is 38.1 Å². The molecule has 1 aromatic heterocycles. The number of hydrogen-bond acceptors (Lipinski definition) is 7. The van der Waals surface area contributed by atoms with Gasteiger partial charge < -0.3 is 42.4 Å². The zero-order valence-corrected chi connectivity index (χ0v) is 26.9. The van der Waals surface area contributed by atoms with Gasteiger partial charge in [0.1, 0.15) is 30.2 Å². The lowest BCUT2D eigenvalue weighted by Crippen LogP contribution is -2.59. The van der Waals surface area contributed by atoms with Crippen molar-refractivity contribution in [3.63, 3.8) is 0 Å². The molecule has 1 aliphatic rings. The molecule has 0 spiro atoms. The number of hydrogen-bond donors (Lipinski definition) is 8. The summed E-state index contributed by atoms with van der Waals surface area (Å²) in [4.78, 5) is 83.0. The summed E-state index contributed by atoms with van der Waals surface area (Å²) in [7, 11) is 0. The van der Waals surface area contributed by atoms with Crippen LogP contribution in [0.5, 0.6) is 0 Å². The molecule has 46 heavy (non-hydrogen) atoms. The number of carbonyl (C=O) groups excluding carboxylic acids is 5. The fourth-order valence-corrected chi connectivity index (χ4v) is 5.45. The molecule has 5 amide bonds. The maximum Gasteiger partial charge on any atom is 0.305 e. The topological polar surface area (TPSA) is 225 Å². The molecule has 0 aliphatic carbocycles. The molecule has 1 aliphatic heterocycles. The fraction of sp³-hybridized carbons (Fsp3) is 0.562. The van der Waals surface area contributed by atoms with Crippen LogP contribution in [-0.2, 0) is 35.2 Å². The number of aliphatic carboxylic acids is 1. The summed E-state index contributed by atoms with van der Waals surface area (Å²) in [6, 6.07) is 1.36. The van der Waals surface area contributed by atoms with Crippen molar-refractivity contribution in [2.24, 2.45) is 17.6 Å². The third-order valence-corrected chi connectivity index (χ3v) is 7.91. The Morgan fingerprint density at radius 1 is 0.783 bits per heavy atom. The van der Waals surface area contributed by atoms with E-state index in [-0.39, 0.29) is 31.1 Å². The van der Waals surface area contributed by atoms with Crippen molar-refractivity contribution in [2.75, 3.05) is 6.54 Å². The van der Waals surface area contributed by atoms with Gasteiger partial charge in [0, 0.05) is 23.5 Å². The minimum atomic E-state index is -1.56. The molecular formula is C32H47N7O7. The number of amides is 5. The Morgan fingerprint density at radius 2 is 1.37 bits per heavy atom. The standard InChI is InChI=1S/C32H47N7O7/c1-17(2)13-23-29(43)36-24(14-19-16-34-21-10-6-5-9-20(19)21)30(44)37-25(15-26(40)41)31(45)35-22(11-7-8-12-33)28(42)39-27(18(3)4)32(46)38-23/h5-6,9-10,16-18,22-25,27,34H,7-8,11-15,33H2,1-4H3,(H,35,45)(H,36,43)(H,37,44)(H,38,46)(H,39,42)(H,40,41)/t22-,23-,24+,25+,27+/m0/s1. The number of carboxylic acids is 1. The zero-order valence-electron chi connectivity index (χ0n) is 26.9. The van der Waals surface area contributed by atoms with Crippen LogP contribution in [0.3, 0.4) is 0 Å². The molecule has 252 valence electrons. The number of benzene rings is 1. The van der Waals surface area contributed by atoms with Crippen LogP contribution >= 0.6 is 0 Å². The third-order valence-electron chi connectivity index (χ3n) is 7.91. The van der Waals surface area contributed by atoms with Crippen LogP contribution in [0.25, 0.3) is 10.9 Å². The average molecular weight is 642 g/mol. The number of aromatic nitrogens is 1. The molecule has 1 fully saturated rings. The number of carbonyl (C=O) groups is 6. The van der Waals surface area contributed by atoms with Gasteiger partial charge in [0.25, 0.3) is 0 Å². The van der Waals surface area contributed by atoms with Gasteiger partial charge in [-0.25, -0.2) is 0 Å². The van der Waals surface area contributed by atoms with Crippen LogP contribution in [-0.4, -0.2) is 82.3 Å². The Morgan fingerprint density at radius 3 is 2.02 bits per heavy atom. The van der Waals surface area contributed by atoms with Crippen LogP contribution in [0.15, 0.2) is 30.5 Å². The first kappa shape index (κ1) is 36.0. The van der Waals surface area contributed by atoms with Crippen molar-refractivity contribution in [1.82, 2.24) is 31.6 Å². The lowest BCUT2D eigenvalue weighted by molar-refractivity contribution is -0.141. The van der Waals surface area contributed by atoms with Crippen LogP contribution in [0.2, 0.25) is 0 Å². The highest BCUT2D eigenvalue weighted by molar-refractivity contribution is 5.99. The molecule has 0 unspecified atom stereocenters. The second kappa shape index (κ2) is 16.7. The number of H-pyrrole nitrogens is 1. The second-order valence-electron chi connectivity index (χ2n) is 12.6. The lowest BCUT2D eigenvalue weighted by Gasteiger charge is -2.28. The van der Waals surface area contributed by atoms with Crippen LogP contribution in [0.1, 0.15) is 65.4 Å². The smallest absolute Gasteiger partial charge is 0.305 e. The van der Waals surface area contributed by atoms with Gasteiger partial charge in [0.2, 0.25) is 29.5 Å². The molecule has 5 atom stereocenters. The highest BCUT2D eigenvalue weighted by Crippen LogP contribution is 2.20. The van der Waals surface area contributed by atoms with E-state index in [1.165, 1.54) is 0 Å². The highest BCUT2D eigenvalue weighted by Gasteiger charge is 2.36. The normalized spacial score (nSPS) is 23.6. The molecule has 2 heterocycles. The molecule has 2 aromatic rings. The molecule has 0 saturated carbocycles. The molecule has 1 aromatic carbocycles. The third kappa shape index (κ3) is 10.0. The van der Waals surface area contributed by atoms with Gasteiger partial charge in [-0.1, -0.05) is 45.9 Å². The summed E-state index contributed by atoms with van der Waals surface area (Å²) in [5, 5.41) is 23.7. The Bertz CT molecular complexity index is 1410. The molecule has 3 rings (SSSR count). The number of para-hydroxylation sites is 1. The Balaban J connectivity index is 2.07. The molecule has 9 N–H and O–H groups in total. The maximum absolute atomic E-state index is 13.8. The summed E-state index contributed by atoms with van der Waals surface area (Å²) in [6.45, 7) is 7.59. The first-order chi connectivity index (χ1) is 21.8. The summed E-state index contributed by atoms with van der Waals surface area (Å²) in [5.74, 6) is -5.34. The van der Waals surface area contributed by atoms with Crippen molar-refractivity contribution < 1.29 is 33.9 Å². The minimum Gasteiger partial charge on any atom is -0.481 e. The van der Waals surface area contributed by atoms with Crippen molar-refractivity contribution in [3.05, 3.63) is 36.0 Å². The van der Waals surface area contributed by atoms with Crippen molar-refractivity contribution in [2.45, 2.75) is 96.4 Å². The first-order valence-electron chi connectivity index (χ1n) is 15.8. The van der Waals surface area contributed by atoms with Gasteiger partial charge in [-0.05, 0) is 55.7 Å². The van der Waals surface area contributed by atoms with Gasteiger partial charge in [-0.15, -0.1) is 0 Å². The Kier molecular flexibility index (Phi) is 13.1. The largest absolute Gasteiger partial charge is 0.481 e. The van der Waals surface area contributed by atoms with Gasteiger partial charge >= 0.3 is 5.97 Å². The Labute approximate surface area is 268 Å². The highest BCUT2D eigenvalue weighted by atomic mass is 16.4. The Hall–Kier alpha value is -4.46. The number of nitrogens with two attached hydrogens (primary N) is 1. The molecule has 0 bridgehead atoms. The van der Waals surface area contributed by atoms with E-state index in [0.717, 1.165) is 10.9 Å². The predicted molar refractivity (Wildman–Crippen MR) is 171 cm³/mol. The monoisotopic (exact) mass is 641 g/mol. The maximum atomic E-state index is 13.8. The van der Waals surface area contributed by atoms with Crippen LogP contribution in [0, 0.1) is 11.8 Å². The van der Waals surface area contributed by atoms with Gasteiger partial charge in [0.15, 0.2) is 0 Å². The molecule has 14 nitrogen and oxygen atoms in total.